The maximum atomic E-state index is 11.3. The smallest absolute Gasteiger partial charge is 0.150 e. The molecule has 88 valence electrons. The third-order valence-electron chi connectivity index (χ3n) is 3.94. The molecule has 1 aliphatic heterocycles. The van der Waals surface area contributed by atoms with Gasteiger partial charge in [-0.05, 0) is 37.5 Å². The van der Waals surface area contributed by atoms with Crippen LogP contribution >= 0.6 is 0 Å². The molecular formula is C11H21NO2S. The lowest BCUT2D eigenvalue weighted by Gasteiger charge is -2.21. The number of sulfone groups is 1. The second-order valence-electron chi connectivity index (χ2n) is 5.21. The maximum Gasteiger partial charge on any atom is 0.150 e. The van der Waals surface area contributed by atoms with Gasteiger partial charge >= 0.3 is 0 Å². The molecule has 1 saturated heterocycles. The summed E-state index contributed by atoms with van der Waals surface area (Å²) in [5, 5.41) is 0. The van der Waals surface area contributed by atoms with Crippen LogP contribution in [0.4, 0.5) is 0 Å². The van der Waals surface area contributed by atoms with E-state index < -0.39 is 9.84 Å². The SMILES string of the molecule is NC(CC1CCS(=O)(=O)C1)C1CCCC1. The van der Waals surface area contributed by atoms with Gasteiger partial charge in [-0.25, -0.2) is 8.42 Å². The van der Waals surface area contributed by atoms with Crippen LogP contribution in [-0.2, 0) is 9.84 Å². The quantitative estimate of drug-likeness (QED) is 0.797. The van der Waals surface area contributed by atoms with Crippen LogP contribution < -0.4 is 5.73 Å². The van der Waals surface area contributed by atoms with E-state index in [1.54, 1.807) is 0 Å². The molecule has 3 nitrogen and oxygen atoms in total. The molecule has 0 aromatic rings. The molecule has 2 fully saturated rings. The van der Waals surface area contributed by atoms with E-state index in [1.807, 2.05) is 0 Å². The van der Waals surface area contributed by atoms with Crippen molar-refractivity contribution in [2.45, 2.75) is 44.6 Å². The van der Waals surface area contributed by atoms with Crippen LogP contribution in [0.15, 0.2) is 0 Å². The van der Waals surface area contributed by atoms with Crippen LogP contribution in [0.1, 0.15) is 38.5 Å². The van der Waals surface area contributed by atoms with Gasteiger partial charge in [0.25, 0.3) is 0 Å². The fourth-order valence-corrected chi connectivity index (χ4v) is 4.90. The fraction of sp³-hybridized carbons (Fsp3) is 1.00. The normalized spacial score (nSPS) is 33.3. The van der Waals surface area contributed by atoms with E-state index in [1.165, 1.54) is 25.7 Å². The number of nitrogens with two attached hydrogens (primary N) is 1. The van der Waals surface area contributed by atoms with Gasteiger partial charge in [0.05, 0.1) is 11.5 Å². The molecule has 0 aromatic heterocycles. The first-order chi connectivity index (χ1) is 7.07. The van der Waals surface area contributed by atoms with Crippen LogP contribution in [0.5, 0.6) is 0 Å². The van der Waals surface area contributed by atoms with Gasteiger partial charge in [-0.1, -0.05) is 12.8 Å². The standard InChI is InChI=1S/C11H21NO2S/c12-11(10-3-1-2-4-10)7-9-5-6-15(13,14)8-9/h9-11H,1-8,12H2. The van der Waals surface area contributed by atoms with Gasteiger partial charge in [-0.15, -0.1) is 0 Å². The summed E-state index contributed by atoms with van der Waals surface area (Å²) in [6.45, 7) is 0. The Morgan fingerprint density at radius 2 is 1.87 bits per heavy atom. The summed E-state index contributed by atoms with van der Waals surface area (Å²) in [5.41, 5.74) is 6.15. The molecule has 4 heteroatoms. The van der Waals surface area contributed by atoms with Gasteiger partial charge in [0.2, 0.25) is 0 Å². The molecule has 2 N–H and O–H groups in total. The summed E-state index contributed by atoms with van der Waals surface area (Å²) in [7, 11) is -2.72. The zero-order valence-corrected chi connectivity index (χ0v) is 10.0. The number of hydrogen-bond donors (Lipinski definition) is 1. The van der Waals surface area contributed by atoms with Gasteiger partial charge in [0.1, 0.15) is 0 Å². The summed E-state index contributed by atoms with van der Waals surface area (Å²) < 4.78 is 22.6. The van der Waals surface area contributed by atoms with E-state index in [0.717, 1.165) is 12.8 Å². The van der Waals surface area contributed by atoms with Crippen molar-refractivity contribution in [3.8, 4) is 0 Å². The molecule has 15 heavy (non-hydrogen) atoms. The third kappa shape index (κ3) is 2.94. The van der Waals surface area contributed by atoms with Crippen LogP contribution in [0, 0.1) is 11.8 Å². The highest BCUT2D eigenvalue weighted by Gasteiger charge is 2.31. The molecular weight excluding hydrogens is 210 g/mol. The second kappa shape index (κ2) is 4.42. The minimum atomic E-state index is -2.72. The second-order valence-corrected chi connectivity index (χ2v) is 7.44. The number of hydrogen-bond acceptors (Lipinski definition) is 3. The summed E-state index contributed by atoms with van der Waals surface area (Å²) >= 11 is 0. The Bertz CT molecular complexity index is 307. The Morgan fingerprint density at radius 3 is 2.40 bits per heavy atom. The maximum absolute atomic E-state index is 11.3. The minimum Gasteiger partial charge on any atom is -0.327 e. The van der Waals surface area contributed by atoms with Crippen molar-refractivity contribution in [3.63, 3.8) is 0 Å². The summed E-state index contributed by atoms with van der Waals surface area (Å²) in [5.74, 6) is 1.77. The molecule has 2 rings (SSSR count). The Kier molecular flexibility index (Phi) is 3.36. The molecule has 1 saturated carbocycles. The zero-order chi connectivity index (χ0) is 10.9. The Morgan fingerprint density at radius 1 is 1.20 bits per heavy atom. The number of rotatable bonds is 3. The first-order valence-corrected chi connectivity index (χ1v) is 7.85. The van der Waals surface area contributed by atoms with E-state index in [2.05, 4.69) is 0 Å². The van der Waals surface area contributed by atoms with Gasteiger partial charge < -0.3 is 5.73 Å². The minimum absolute atomic E-state index is 0.241. The Hall–Kier alpha value is -0.0900. The fourth-order valence-electron chi connectivity index (χ4n) is 3.02. The van der Waals surface area contributed by atoms with E-state index in [0.29, 0.717) is 23.3 Å². The predicted octanol–water partition coefficient (Wildman–Crippen LogP) is 1.33. The van der Waals surface area contributed by atoms with Crippen LogP contribution in [0.2, 0.25) is 0 Å². The van der Waals surface area contributed by atoms with Crippen molar-refractivity contribution < 1.29 is 8.42 Å². The monoisotopic (exact) mass is 231 g/mol. The molecule has 1 heterocycles. The lowest BCUT2D eigenvalue weighted by Crippen LogP contribution is -2.31. The van der Waals surface area contributed by atoms with E-state index in [9.17, 15) is 8.42 Å². The van der Waals surface area contributed by atoms with E-state index >= 15 is 0 Å². The molecule has 2 aliphatic rings. The van der Waals surface area contributed by atoms with Gasteiger partial charge in [-0.3, -0.25) is 0 Å². The van der Waals surface area contributed by atoms with Crippen molar-refractivity contribution in [1.29, 1.82) is 0 Å². The van der Waals surface area contributed by atoms with Crippen LogP contribution in [0.25, 0.3) is 0 Å². The molecule has 0 amide bonds. The van der Waals surface area contributed by atoms with Crippen molar-refractivity contribution in [2.75, 3.05) is 11.5 Å². The first-order valence-electron chi connectivity index (χ1n) is 6.03. The van der Waals surface area contributed by atoms with Gasteiger partial charge in [0, 0.05) is 6.04 Å². The molecule has 0 spiro atoms. The molecule has 0 bridgehead atoms. The molecule has 0 radical (unpaired) electrons. The highest BCUT2D eigenvalue weighted by atomic mass is 32.2. The van der Waals surface area contributed by atoms with Crippen LogP contribution in [0.3, 0.4) is 0 Å². The lowest BCUT2D eigenvalue weighted by atomic mass is 9.90. The predicted molar refractivity (Wildman–Crippen MR) is 61.3 cm³/mol. The van der Waals surface area contributed by atoms with E-state index in [-0.39, 0.29) is 6.04 Å². The molecule has 2 atom stereocenters. The van der Waals surface area contributed by atoms with Crippen LogP contribution in [-0.4, -0.2) is 26.0 Å². The molecule has 0 aromatic carbocycles. The molecule has 1 aliphatic carbocycles. The van der Waals surface area contributed by atoms with E-state index in [4.69, 9.17) is 5.73 Å². The highest BCUT2D eigenvalue weighted by Crippen LogP contribution is 2.31. The summed E-state index contributed by atoms with van der Waals surface area (Å²) in [4.78, 5) is 0. The van der Waals surface area contributed by atoms with Crippen molar-refractivity contribution in [2.24, 2.45) is 17.6 Å². The largest absolute Gasteiger partial charge is 0.327 e. The topological polar surface area (TPSA) is 60.2 Å². The first kappa shape index (κ1) is 11.4. The van der Waals surface area contributed by atoms with Gasteiger partial charge in [-0.2, -0.15) is 0 Å². The average Bonchev–Trinajstić information content (AvgIpc) is 2.74. The summed E-state index contributed by atoms with van der Waals surface area (Å²) in [6, 6.07) is 0.241. The highest BCUT2D eigenvalue weighted by molar-refractivity contribution is 7.91. The lowest BCUT2D eigenvalue weighted by molar-refractivity contribution is 0.360. The molecule has 2 unspecified atom stereocenters. The average molecular weight is 231 g/mol. The Labute approximate surface area is 92.3 Å². The Balaban J connectivity index is 1.82. The summed E-state index contributed by atoms with van der Waals surface area (Å²) in [6.07, 6.45) is 6.87. The van der Waals surface area contributed by atoms with Crippen molar-refractivity contribution in [1.82, 2.24) is 0 Å². The van der Waals surface area contributed by atoms with Gasteiger partial charge in [0.15, 0.2) is 9.84 Å². The van der Waals surface area contributed by atoms with Crippen molar-refractivity contribution >= 4 is 9.84 Å². The third-order valence-corrected chi connectivity index (χ3v) is 5.77. The zero-order valence-electron chi connectivity index (χ0n) is 9.19. The van der Waals surface area contributed by atoms with Crippen molar-refractivity contribution in [3.05, 3.63) is 0 Å².